The van der Waals surface area contributed by atoms with Crippen molar-refractivity contribution in [3.05, 3.63) is 46.8 Å². The Morgan fingerprint density at radius 2 is 2.16 bits per heavy atom. The number of carbonyl (C=O) groups excluding carboxylic acids is 1. The van der Waals surface area contributed by atoms with Crippen molar-refractivity contribution in [3.63, 3.8) is 0 Å². The fourth-order valence-corrected chi connectivity index (χ4v) is 2.77. The van der Waals surface area contributed by atoms with E-state index in [1.807, 2.05) is 18.2 Å². The molecule has 2 heterocycles. The SMILES string of the molecule is Cc1c(C(=O)N/N=C2\CCc3ccccc32)nnn1-c1nonc1N. The zero-order valence-corrected chi connectivity index (χ0v) is 13.3. The van der Waals surface area contributed by atoms with Crippen LogP contribution in [0.4, 0.5) is 5.82 Å². The quantitative estimate of drug-likeness (QED) is 0.668. The molecule has 0 saturated heterocycles. The Kier molecular flexibility index (Phi) is 3.49. The molecule has 126 valence electrons. The largest absolute Gasteiger partial charge is 0.378 e. The number of aryl methyl sites for hydroxylation is 1. The summed E-state index contributed by atoms with van der Waals surface area (Å²) in [5, 5.41) is 19.1. The molecule has 1 aliphatic carbocycles. The Labute approximate surface area is 141 Å². The summed E-state index contributed by atoms with van der Waals surface area (Å²) in [7, 11) is 0. The average molecular weight is 338 g/mol. The van der Waals surface area contributed by atoms with E-state index < -0.39 is 5.91 Å². The van der Waals surface area contributed by atoms with Gasteiger partial charge in [-0.25, -0.2) is 10.1 Å². The molecule has 0 bridgehead atoms. The third-order valence-electron chi connectivity index (χ3n) is 4.06. The number of fused-ring (bicyclic) bond motifs is 1. The van der Waals surface area contributed by atoms with Crippen LogP contribution in [0.3, 0.4) is 0 Å². The molecular formula is C15H14N8O2. The molecule has 0 unspecified atom stereocenters. The number of anilines is 1. The normalized spacial score (nSPS) is 14.7. The number of rotatable bonds is 3. The molecule has 0 aliphatic heterocycles. The lowest BCUT2D eigenvalue weighted by atomic mass is 10.1. The van der Waals surface area contributed by atoms with Gasteiger partial charge in [-0.05, 0) is 35.6 Å². The van der Waals surface area contributed by atoms with Crippen LogP contribution >= 0.6 is 0 Å². The minimum absolute atomic E-state index is 0.0581. The maximum absolute atomic E-state index is 12.4. The maximum Gasteiger partial charge on any atom is 0.293 e. The Hall–Kier alpha value is -3.56. The third-order valence-corrected chi connectivity index (χ3v) is 4.06. The highest BCUT2D eigenvalue weighted by Gasteiger charge is 2.22. The number of nitrogens with one attached hydrogen (secondary N) is 1. The van der Waals surface area contributed by atoms with Crippen LogP contribution < -0.4 is 11.2 Å². The average Bonchev–Trinajstić information content (AvgIpc) is 3.31. The molecule has 1 aliphatic rings. The van der Waals surface area contributed by atoms with E-state index in [4.69, 9.17) is 5.73 Å². The number of aromatic nitrogens is 5. The van der Waals surface area contributed by atoms with E-state index in [9.17, 15) is 4.79 Å². The molecule has 0 saturated carbocycles. The maximum atomic E-state index is 12.4. The Balaban J connectivity index is 1.56. The summed E-state index contributed by atoms with van der Waals surface area (Å²) in [5.74, 6) is -0.224. The smallest absolute Gasteiger partial charge is 0.293 e. The van der Waals surface area contributed by atoms with Gasteiger partial charge in [-0.1, -0.05) is 29.5 Å². The number of hydrazone groups is 1. The molecule has 4 rings (SSSR count). The molecule has 0 fully saturated rings. The lowest BCUT2D eigenvalue weighted by Gasteiger charge is -2.02. The van der Waals surface area contributed by atoms with Gasteiger partial charge in [0.1, 0.15) is 0 Å². The fourth-order valence-electron chi connectivity index (χ4n) is 2.77. The Morgan fingerprint density at radius 1 is 1.32 bits per heavy atom. The zero-order chi connectivity index (χ0) is 17.4. The van der Waals surface area contributed by atoms with Gasteiger partial charge >= 0.3 is 0 Å². The summed E-state index contributed by atoms with van der Waals surface area (Å²) in [6.45, 7) is 1.67. The number of nitrogens with zero attached hydrogens (tertiary/aromatic N) is 6. The van der Waals surface area contributed by atoms with Gasteiger partial charge in [0.05, 0.1) is 11.4 Å². The minimum Gasteiger partial charge on any atom is -0.378 e. The Bertz CT molecular complexity index is 987. The fraction of sp³-hybridized carbons (Fsp3) is 0.200. The summed E-state index contributed by atoms with van der Waals surface area (Å²) in [4.78, 5) is 12.4. The molecule has 3 aromatic rings. The summed E-state index contributed by atoms with van der Waals surface area (Å²) < 4.78 is 5.83. The zero-order valence-electron chi connectivity index (χ0n) is 13.3. The second-order valence-corrected chi connectivity index (χ2v) is 5.56. The van der Waals surface area contributed by atoms with Crippen molar-refractivity contribution in [2.24, 2.45) is 5.10 Å². The second kappa shape index (κ2) is 5.82. The van der Waals surface area contributed by atoms with Crippen molar-refractivity contribution < 1.29 is 9.42 Å². The molecule has 10 heteroatoms. The monoisotopic (exact) mass is 338 g/mol. The van der Waals surface area contributed by atoms with Gasteiger partial charge in [-0.3, -0.25) is 4.79 Å². The topological polar surface area (TPSA) is 137 Å². The predicted octanol–water partition coefficient (Wildman–Crippen LogP) is 0.621. The molecule has 0 spiro atoms. The van der Waals surface area contributed by atoms with E-state index in [0.717, 1.165) is 24.1 Å². The second-order valence-electron chi connectivity index (χ2n) is 5.56. The van der Waals surface area contributed by atoms with E-state index in [0.29, 0.717) is 5.69 Å². The van der Waals surface area contributed by atoms with Crippen LogP contribution in [0.25, 0.3) is 5.82 Å². The number of amides is 1. The van der Waals surface area contributed by atoms with Crippen LogP contribution in [0.15, 0.2) is 34.0 Å². The van der Waals surface area contributed by atoms with Crippen molar-refractivity contribution in [2.45, 2.75) is 19.8 Å². The number of benzene rings is 1. The molecule has 25 heavy (non-hydrogen) atoms. The van der Waals surface area contributed by atoms with E-state index in [1.165, 1.54) is 10.2 Å². The molecule has 1 aromatic carbocycles. The lowest BCUT2D eigenvalue weighted by Crippen LogP contribution is -2.21. The molecule has 0 atom stereocenters. The first kappa shape index (κ1) is 15.0. The lowest BCUT2D eigenvalue weighted by molar-refractivity contribution is 0.0949. The highest BCUT2D eigenvalue weighted by molar-refractivity contribution is 6.05. The van der Waals surface area contributed by atoms with Crippen LogP contribution in [0, 0.1) is 6.92 Å². The number of hydrogen-bond donors (Lipinski definition) is 2. The first-order valence-corrected chi connectivity index (χ1v) is 7.61. The van der Waals surface area contributed by atoms with E-state index in [1.54, 1.807) is 6.92 Å². The first-order chi connectivity index (χ1) is 12.1. The number of carbonyl (C=O) groups is 1. The van der Waals surface area contributed by atoms with Gasteiger partial charge in [0.2, 0.25) is 11.6 Å². The summed E-state index contributed by atoms with van der Waals surface area (Å²) in [6.07, 6.45) is 1.70. The van der Waals surface area contributed by atoms with Crippen LogP contribution in [0.2, 0.25) is 0 Å². The van der Waals surface area contributed by atoms with Gasteiger partial charge < -0.3 is 5.73 Å². The Morgan fingerprint density at radius 3 is 2.96 bits per heavy atom. The molecule has 1 amide bonds. The van der Waals surface area contributed by atoms with Crippen molar-refractivity contribution >= 4 is 17.4 Å². The standard InChI is InChI=1S/C15H14N8O2/c1-8-12(18-22-23(8)14-13(16)20-25-21-14)15(24)19-17-11-7-6-9-4-2-3-5-10(9)11/h2-5H,6-7H2,1H3,(H2,16,20)(H,19,24)/b17-11+. The first-order valence-electron chi connectivity index (χ1n) is 7.61. The van der Waals surface area contributed by atoms with Crippen molar-refractivity contribution in [1.29, 1.82) is 0 Å². The molecular weight excluding hydrogens is 324 g/mol. The van der Waals surface area contributed by atoms with Gasteiger partial charge in [-0.2, -0.15) is 9.78 Å². The van der Waals surface area contributed by atoms with Crippen molar-refractivity contribution in [3.8, 4) is 5.82 Å². The molecule has 10 nitrogen and oxygen atoms in total. The summed E-state index contributed by atoms with van der Waals surface area (Å²) >= 11 is 0. The number of nitrogen functional groups attached to an aromatic ring is 1. The predicted molar refractivity (Wildman–Crippen MR) is 87.1 cm³/mol. The van der Waals surface area contributed by atoms with Crippen LogP contribution in [-0.4, -0.2) is 36.9 Å². The number of hydrogen-bond acceptors (Lipinski definition) is 8. The van der Waals surface area contributed by atoms with Crippen molar-refractivity contribution in [2.75, 3.05) is 5.73 Å². The van der Waals surface area contributed by atoms with Crippen molar-refractivity contribution in [1.82, 2.24) is 30.7 Å². The number of nitrogens with two attached hydrogens (primary N) is 1. The van der Waals surface area contributed by atoms with E-state index in [-0.39, 0.29) is 17.3 Å². The highest BCUT2D eigenvalue weighted by atomic mass is 16.6. The summed E-state index contributed by atoms with van der Waals surface area (Å²) in [6, 6.07) is 8.00. The molecule has 2 aromatic heterocycles. The van der Waals surface area contributed by atoms with Crippen LogP contribution in [-0.2, 0) is 6.42 Å². The van der Waals surface area contributed by atoms with Gasteiger partial charge in [-0.15, -0.1) is 5.10 Å². The molecule has 3 N–H and O–H groups in total. The summed E-state index contributed by atoms with van der Waals surface area (Å²) in [5.41, 5.74) is 11.9. The van der Waals surface area contributed by atoms with E-state index in [2.05, 4.69) is 41.8 Å². The van der Waals surface area contributed by atoms with Gasteiger partial charge in [0.15, 0.2) is 5.69 Å². The minimum atomic E-state index is -0.462. The van der Waals surface area contributed by atoms with Crippen LogP contribution in [0.1, 0.15) is 33.7 Å². The highest BCUT2D eigenvalue weighted by Crippen LogP contribution is 2.21. The van der Waals surface area contributed by atoms with E-state index >= 15 is 0 Å². The van der Waals surface area contributed by atoms with Gasteiger partial charge in [0.25, 0.3) is 5.91 Å². The van der Waals surface area contributed by atoms with Crippen LogP contribution in [0.5, 0.6) is 0 Å². The van der Waals surface area contributed by atoms with Gasteiger partial charge in [0, 0.05) is 5.56 Å². The molecule has 0 radical (unpaired) electrons. The third kappa shape index (κ3) is 2.53.